The average Bonchev–Trinajstić information content (AvgIpc) is 3.13. The standard InChI is InChI=1S/C15H17N3O2S/c1-2-18-6-5-9-11(8-18)21-15-12(9)14(19)16-13(17-15)10-4-3-7-20-10/h3-4,7,13,17H,2,5-6,8H2,1H3,(H,16,19)/t13-/m0/s1. The van der Waals surface area contributed by atoms with Crippen LogP contribution >= 0.6 is 11.3 Å². The van der Waals surface area contributed by atoms with E-state index in [1.54, 1.807) is 17.6 Å². The SMILES string of the molecule is CCN1CCc2c(sc3c2C(=O)N[C@H](c2ccco2)N3)C1. The second-order valence-electron chi connectivity index (χ2n) is 5.39. The summed E-state index contributed by atoms with van der Waals surface area (Å²) in [6, 6.07) is 3.70. The van der Waals surface area contributed by atoms with Crippen molar-refractivity contribution >= 4 is 22.2 Å². The predicted octanol–water partition coefficient (Wildman–Crippen LogP) is 2.57. The molecule has 0 bridgehead atoms. The quantitative estimate of drug-likeness (QED) is 0.895. The number of nitrogens with zero attached hydrogens (tertiary/aromatic N) is 1. The van der Waals surface area contributed by atoms with Crippen molar-refractivity contribution in [3.63, 3.8) is 0 Å². The van der Waals surface area contributed by atoms with Gasteiger partial charge < -0.3 is 15.1 Å². The summed E-state index contributed by atoms with van der Waals surface area (Å²) in [7, 11) is 0. The molecule has 21 heavy (non-hydrogen) atoms. The zero-order valence-electron chi connectivity index (χ0n) is 11.8. The third-order valence-electron chi connectivity index (χ3n) is 4.19. The first-order valence-corrected chi connectivity index (χ1v) is 8.05. The molecule has 1 atom stereocenters. The van der Waals surface area contributed by atoms with E-state index in [0.717, 1.165) is 42.4 Å². The molecule has 2 aromatic heterocycles. The molecular formula is C15H17N3O2S. The lowest BCUT2D eigenvalue weighted by molar-refractivity contribution is 0.0930. The van der Waals surface area contributed by atoms with Crippen LogP contribution in [0.3, 0.4) is 0 Å². The van der Waals surface area contributed by atoms with E-state index in [0.29, 0.717) is 0 Å². The minimum Gasteiger partial charge on any atom is -0.465 e. The van der Waals surface area contributed by atoms with Crippen molar-refractivity contribution < 1.29 is 9.21 Å². The minimum absolute atomic E-state index is 0.00704. The van der Waals surface area contributed by atoms with E-state index in [9.17, 15) is 4.79 Å². The third kappa shape index (κ3) is 2.06. The van der Waals surface area contributed by atoms with Gasteiger partial charge in [0.1, 0.15) is 10.8 Å². The van der Waals surface area contributed by atoms with Gasteiger partial charge in [-0.25, -0.2) is 0 Å². The van der Waals surface area contributed by atoms with E-state index < -0.39 is 0 Å². The van der Waals surface area contributed by atoms with Crippen molar-refractivity contribution in [3.8, 4) is 0 Å². The summed E-state index contributed by atoms with van der Waals surface area (Å²) in [5, 5.41) is 7.35. The molecule has 2 aromatic rings. The van der Waals surface area contributed by atoms with Crippen LogP contribution in [0, 0.1) is 0 Å². The Labute approximate surface area is 126 Å². The van der Waals surface area contributed by atoms with Crippen LogP contribution in [0.25, 0.3) is 0 Å². The van der Waals surface area contributed by atoms with Crippen LogP contribution in [0.5, 0.6) is 0 Å². The summed E-state index contributed by atoms with van der Waals surface area (Å²) in [6.45, 7) is 5.21. The maximum Gasteiger partial charge on any atom is 0.256 e. The van der Waals surface area contributed by atoms with Gasteiger partial charge in [0.15, 0.2) is 6.17 Å². The second-order valence-corrected chi connectivity index (χ2v) is 6.50. The molecule has 2 N–H and O–H groups in total. The highest BCUT2D eigenvalue weighted by atomic mass is 32.1. The largest absolute Gasteiger partial charge is 0.465 e. The van der Waals surface area contributed by atoms with Crippen LogP contribution in [-0.4, -0.2) is 23.9 Å². The number of anilines is 1. The molecule has 2 aliphatic rings. The van der Waals surface area contributed by atoms with E-state index in [2.05, 4.69) is 22.5 Å². The summed E-state index contributed by atoms with van der Waals surface area (Å²) in [5.74, 6) is 0.739. The molecule has 5 nitrogen and oxygen atoms in total. The number of fused-ring (bicyclic) bond motifs is 3. The molecular weight excluding hydrogens is 286 g/mol. The number of carbonyl (C=O) groups excluding carboxylic acids is 1. The smallest absolute Gasteiger partial charge is 0.256 e. The lowest BCUT2D eigenvalue weighted by Crippen LogP contribution is -2.38. The normalized spacial score (nSPS) is 21.4. The molecule has 0 saturated carbocycles. The van der Waals surface area contributed by atoms with E-state index in [1.807, 2.05) is 12.1 Å². The summed E-state index contributed by atoms with van der Waals surface area (Å²) in [4.78, 5) is 16.2. The molecule has 1 amide bonds. The van der Waals surface area contributed by atoms with Crippen molar-refractivity contribution in [3.05, 3.63) is 40.2 Å². The van der Waals surface area contributed by atoms with Crippen molar-refractivity contribution in [1.82, 2.24) is 10.2 Å². The molecule has 0 fully saturated rings. The fourth-order valence-corrected chi connectivity index (χ4v) is 4.35. The number of nitrogens with one attached hydrogen (secondary N) is 2. The molecule has 0 aliphatic carbocycles. The topological polar surface area (TPSA) is 57.5 Å². The first kappa shape index (κ1) is 12.9. The van der Waals surface area contributed by atoms with Gasteiger partial charge in [0.25, 0.3) is 5.91 Å². The minimum atomic E-state index is -0.276. The Hall–Kier alpha value is -1.79. The number of likely N-dealkylation sites (N-methyl/N-ethyl adjacent to an activating group) is 1. The Kier molecular flexibility index (Phi) is 3.01. The van der Waals surface area contributed by atoms with Crippen LogP contribution in [0.1, 0.15) is 39.6 Å². The molecule has 110 valence electrons. The van der Waals surface area contributed by atoms with Crippen molar-refractivity contribution in [2.45, 2.75) is 26.1 Å². The first-order chi connectivity index (χ1) is 10.3. The zero-order valence-corrected chi connectivity index (χ0v) is 12.6. The fraction of sp³-hybridized carbons (Fsp3) is 0.400. The van der Waals surface area contributed by atoms with Crippen LogP contribution in [0.4, 0.5) is 5.00 Å². The highest BCUT2D eigenvalue weighted by molar-refractivity contribution is 7.16. The Balaban J connectivity index is 1.69. The van der Waals surface area contributed by atoms with E-state index in [4.69, 9.17) is 4.42 Å². The first-order valence-electron chi connectivity index (χ1n) is 7.24. The molecule has 4 heterocycles. The van der Waals surface area contributed by atoms with Gasteiger partial charge in [-0.05, 0) is 30.7 Å². The number of hydrogen-bond donors (Lipinski definition) is 2. The summed E-state index contributed by atoms with van der Waals surface area (Å²) in [5.41, 5.74) is 2.07. The Bertz CT molecular complexity index is 677. The van der Waals surface area contributed by atoms with Crippen LogP contribution in [0.2, 0.25) is 0 Å². The Morgan fingerprint density at radius 2 is 2.38 bits per heavy atom. The van der Waals surface area contributed by atoms with Gasteiger partial charge in [-0.2, -0.15) is 0 Å². The second kappa shape index (κ2) is 4.89. The van der Waals surface area contributed by atoms with Gasteiger partial charge in [0.2, 0.25) is 0 Å². The summed E-state index contributed by atoms with van der Waals surface area (Å²) < 4.78 is 5.39. The predicted molar refractivity (Wildman–Crippen MR) is 81.5 cm³/mol. The highest BCUT2D eigenvalue weighted by Crippen LogP contribution is 2.40. The molecule has 6 heteroatoms. The number of carbonyl (C=O) groups is 1. The highest BCUT2D eigenvalue weighted by Gasteiger charge is 2.33. The van der Waals surface area contributed by atoms with Crippen LogP contribution in [0.15, 0.2) is 22.8 Å². The molecule has 0 aromatic carbocycles. The average molecular weight is 303 g/mol. The lowest BCUT2D eigenvalue weighted by atomic mass is 10.0. The Morgan fingerprint density at radius 1 is 1.48 bits per heavy atom. The Morgan fingerprint density at radius 3 is 3.14 bits per heavy atom. The fourth-order valence-electron chi connectivity index (χ4n) is 3.04. The van der Waals surface area contributed by atoms with Gasteiger partial charge in [0, 0.05) is 18.0 Å². The molecule has 0 spiro atoms. The molecule has 0 saturated heterocycles. The van der Waals surface area contributed by atoms with Crippen molar-refractivity contribution in [1.29, 1.82) is 0 Å². The number of furan rings is 1. The number of thiophene rings is 1. The van der Waals surface area contributed by atoms with Gasteiger partial charge >= 0.3 is 0 Å². The monoisotopic (exact) mass is 303 g/mol. The molecule has 0 unspecified atom stereocenters. The maximum absolute atomic E-state index is 12.5. The zero-order chi connectivity index (χ0) is 14.4. The molecule has 2 aliphatic heterocycles. The van der Waals surface area contributed by atoms with Gasteiger partial charge in [-0.1, -0.05) is 6.92 Å². The third-order valence-corrected chi connectivity index (χ3v) is 5.34. The number of rotatable bonds is 2. The van der Waals surface area contributed by atoms with E-state index in [1.165, 1.54) is 10.4 Å². The van der Waals surface area contributed by atoms with Gasteiger partial charge in [-0.15, -0.1) is 11.3 Å². The lowest BCUT2D eigenvalue weighted by Gasteiger charge is -2.27. The maximum atomic E-state index is 12.5. The summed E-state index contributed by atoms with van der Waals surface area (Å²) in [6.07, 6.45) is 2.30. The van der Waals surface area contributed by atoms with Gasteiger partial charge in [-0.3, -0.25) is 9.69 Å². The van der Waals surface area contributed by atoms with E-state index in [-0.39, 0.29) is 12.1 Å². The number of hydrogen-bond acceptors (Lipinski definition) is 5. The van der Waals surface area contributed by atoms with Crippen LogP contribution in [-0.2, 0) is 13.0 Å². The van der Waals surface area contributed by atoms with E-state index >= 15 is 0 Å². The molecule has 4 rings (SSSR count). The van der Waals surface area contributed by atoms with Crippen molar-refractivity contribution in [2.75, 3.05) is 18.4 Å². The van der Waals surface area contributed by atoms with Gasteiger partial charge in [0.05, 0.1) is 11.8 Å². The number of amides is 1. The van der Waals surface area contributed by atoms with Crippen molar-refractivity contribution in [2.24, 2.45) is 0 Å². The summed E-state index contributed by atoms with van der Waals surface area (Å²) >= 11 is 1.71. The van der Waals surface area contributed by atoms with Crippen LogP contribution < -0.4 is 10.6 Å². The molecule has 0 radical (unpaired) electrons.